The molecule has 0 amide bonds. The number of fused-ring (bicyclic) bond motifs is 15. The number of para-hydroxylation sites is 2. The van der Waals surface area contributed by atoms with E-state index in [1.165, 1.54) is 143 Å². The van der Waals surface area contributed by atoms with E-state index < -0.39 is 0 Å². The average Bonchev–Trinajstić information content (AvgIpc) is 4.23. The third-order valence-electron chi connectivity index (χ3n) is 21.0. The van der Waals surface area contributed by atoms with E-state index in [0.717, 1.165) is 39.5 Å². The van der Waals surface area contributed by atoms with E-state index in [2.05, 4.69) is 216 Å². The van der Waals surface area contributed by atoms with Gasteiger partial charge in [-0.25, -0.2) is 0 Å². The number of hydrogen-bond donors (Lipinski definition) is 0. The van der Waals surface area contributed by atoms with Gasteiger partial charge < -0.3 is 14.2 Å². The van der Waals surface area contributed by atoms with Crippen LogP contribution in [0.3, 0.4) is 0 Å². The van der Waals surface area contributed by atoms with Crippen LogP contribution in [0.1, 0.15) is 127 Å². The van der Waals surface area contributed by atoms with Gasteiger partial charge in [0.1, 0.15) is 5.58 Å². The normalized spacial score (nSPS) is 23.9. The van der Waals surface area contributed by atoms with Crippen LogP contribution >= 0.6 is 11.3 Å². The predicted molar refractivity (Wildman–Crippen MR) is 323 cm³/mol. The highest BCUT2D eigenvalue weighted by atomic mass is 32.1. The molecule has 6 aliphatic carbocycles. The first-order valence-corrected chi connectivity index (χ1v) is 29.6. The van der Waals surface area contributed by atoms with Gasteiger partial charge >= 0.3 is 0 Å². The fraction of sp³-hybridized carbons (Fsp3) is 0.324. The van der Waals surface area contributed by atoms with Crippen LogP contribution in [0.2, 0.25) is 0 Å². The molecular weight excluding hydrogens is 940 g/mol. The Kier molecular flexibility index (Phi) is 8.63. The SMILES string of the molecule is Cc1cc2c3c(c1)N(c1cccc4c1oc1ccccc14)c1c(ccc4cc(C(C)(C)C)ccc14)B3c1sc3cc4c(cc3c1N2c1ccc2c(c1)C1(c3ccccc3-2)C2CC3CC(C2)CC1C3)C(C)(C)CCC4(C)C. The third-order valence-corrected chi connectivity index (χ3v) is 22.2. The Morgan fingerprint density at radius 1 is 0.566 bits per heavy atom. The van der Waals surface area contributed by atoms with Crippen LogP contribution < -0.4 is 25.5 Å². The molecule has 0 atom stereocenters. The smallest absolute Gasteiger partial charge is 0.264 e. The summed E-state index contributed by atoms with van der Waals surface area (Å²) in [5.74, 6) is 3.15. The average molecular weight is 1010 g/mol. The summed E-state index contributed by atoms with van der Waals surface area (Å²) in [5, 5.41) is 6.25. The first kappa shape index (κ1) is 44.6. The second-order valence-corrected chi connectivity index (χ2v) is 28.3. The van der Waals surface area contributed by atoms with E-state index >= 15 is 0 Å². The number of thiophene rings is 1. The molecule has 0 N–H and O–H groups in total. The number of aryl methyl sites for hydroxylation is 1. The first-order chi connectivity index (χ1) is 36.7. The van der Waals surface area contributed by atoms with Crippen molar-refractivity contribution in [2.24, 2.45) is 23.7 Å². The lowest BCUT2D eigenvalue weighted by molar-refractivity contribution is -0.0399. The van der Waals surface area contributed by atoms with Crippen LogP contribution in [-0.4, -0.2) is 6.71 Å². The maximum Gasteiger partial charge on any atom is 0.264 e. The molecule has 3 nitrogen and oxygen atoms in total. The highest BCUT2D eigenvalue weighted by molar-refractivity contribution is 7.33. The van der Waals surface area contributed by atoms with E-state index in [-0.39, 0.29) is 28.4 Å². The summed E-state index contributed by atoms with van der Waals surface area (Å²) < 4.78 is 9.91. The lowest BCUT2D eigenvalue weighted by Crippen LogP contribution is -2.60. The van der Waals surface area contributed by atoms with Crippen LogP contribution in [0.5, 0.6) is 0 Å². The molecule has 8 aromatic carbocycles. The predicted octanol–water partition coefficient (Wildman–Crippen LogP) is 17.7. The molecule has 8 aliphatic rings. The molecule has 0 radical (unpaired) electrons. The van der Waals surface area contributed by atoms with Crippen LogP contribution in [0.4, 0.5) is 34.1 Å². The number of hydrogen-bond acceptors (Lipinski definition) is 4. The Morgan fingerprint density at radius 2 is 1.26 bits per heavy atom. The molecule has 5 heteroatoms. The molecule has 2 aliphatic heterocycles. The molecule has 1 spiro atoms. The quantitative estimate of drug-likeness (QED) is 0.161. The monoisotopic (exact) mass is 1000 g/mol. The zero-order valence-corrected chi connectivity index (χ0v) is 46.1. The van der Waals surface area contributed by atoms with Gasteiger partial charge in [-0.1, -0.05) is 139 Å². The summed E-state index contributed by atoms with van der Waals surface area (Å²) in [5.41, 5.74) is 24.2. The lowest BCUT2D eigenvalue weighted by Gasteiger charge is -2.61. The molecule has 76 heavy (non-hydrogen) atoms. The number of rotatable bonds is 2. The molecule has 374 valence electrons. The van der Waals surface area contributed by atoms with Crippen molar-refractivity contribution in [2.45, 2.75) is 122 Å². The maximum atomic E-state index is 7.05. The van der Waals surface area contributed by atoms with Crippen LogP contribution in [-0.2, 0) is 21.7 Å². The van der Waals surface area contributed by atoms with Crippen molar-refractivity contribution < 1.29 is 4.42 Å². The van der Waals surface area contributed by atoms with Crippen molar-refractivity contribution in [3.63, 3.8) is 0 Å². The van der Waals surface area contributed by atoms with E-state index in [0.29, 0.717) is 11.8 Å². The summed E-state index contributed by atoms with van der Waals surface area (Å²) in [6.07, 6.45) is 9.33. The minimum Gasteiger partial charge on any atom is -0.454 e. The summed E-state index contributed by atoms with van der Waals surface area (Å²) in [6, 6.07) is 55.5. The van der Waals surface area contributed by atoms with Crippen molar-refractivity contribution in [3.8, 4) is 11.1 Å². The zero-order chi connectivity index (χ0) is 51.1. The minimum atomic E-state index is 0.00886. The van der Waals surface area contributed by atoms with Gasteiger partial charge in [-0.2, -0.15) is 0 Å². The van der Waals surface area contributed by atoms with Gasteiger partial charge in [0.05, 0.1) is 11.4 Å². The number of nitrogens with zero attached hydrogens (tertiary/aromatic N) is 2. The highest BCUT2D eigenvalue weighted by Gasteiger charge is 2.62. The molecule has 0 unspecified atom stereocenters. The number of benzene rings is 8. The molecule has 18 rings (SSSR count). The van der Waals surface area contributed by atoms with E-state index in [9.17, 15) is 0 Å². The Hall–Kier alpha value is -6.56. The van der Waals surface area contributed by atoms with E-state index in [1.807, 2.05) is 0 Å². The van der Waals surface area contributed by atoms with Gasteiger partial charge in [-0.3, -0.25) is 0 Å². The first-order valence-electron chi connectivity index (χ1n) is 28.7. The third kappa shape index (κ3) is 5.66. The number of furan rings is 1. The van der Waals surface area contributed by atoms with Crippen LogP contribution in [0.25, 0.3) is 53.9 Å². The second-order valence-electron chi connectivity index (χ2n) is 27.2. The summed E-state index contributed by atoms with van der Waals surface area (Å²) in [4.78, 5) is 5.42. The topological polar surface area (TPSA) is 19.6 Å². The summed E-state index contributed by atoms with van der Waals surface area (Å²) in [7, 11) is 0. The zero-order valence-electron chi connectivity index (χ0n) is 45.3. The molecule has 0 saturated heterocycles. The Balaban J connectivity index is 0.986. The Morgan fingerprint density at radius 3 is 2.04 bits per heavy atom. The van der Waals surface area contributed by atoms with Crippen molar-refractivity contribution in [3.05, 3.63) is 173 Å². The van der Waals surface area contributed by atoms with Gasteiger partial charge in [0.25, 0.3) is 6.71 Å². The molecular formula is C71H65BN2OS. The van der Waals surface area contributed by atoms with Crippen molar-refractivity contribution in [1.82, 2.24) is 0 Å². The molecule has 4 fully saturated rings. The summed E-state index contributed by atoms with van der Waals surface area (Å²) >= 11 is 2.07. The number of anilines is 6. The van der Waals surface area contributed by atoms with Gasteiger partial charge in [0.15, 0.2) is 5.58 Å². The van der Waals surface area contributed by atoms with Crippen molar-refractivity contribution >= 4 is 111 Å². The lowest BCUT2D eigenvalue weighted by atomic mass is 9.36. The van der Waals surface area contributed by atoms with Crippen molar-refractivity contribution in [2.75, 3.05) is 9.80 Å². The Labute approximate surface area is 452 Å². The van der Waals surface area contributed by atoms with E-state index in [1.54, 1.807) is 11.1 Å². The minimum absolute atomic E-state index is 0.00886. The largest absolute Gasteiger partial charge is 0.454 e. The maximum absolute atomic E-state index is 7.05. The van der Waals surface area contributed by atoms with Gasteiger partial charge in [-0.15, -0.1) is 11.3 Å². The highest BCUT2D eigenvalue weighted by Crippen LogP contribution is 2.70. The standard InChI is InChI=1S/C71H65BN2OS/c1-39-28-59-63-60(29-39)74(58-18-13-16-51-50-15-10-12-19-61(50)75-66(51)58)64-47-23-21-43(68(2,3)4)35-42(47)20-25-57(64)72(63)67-65(52-37-55-56(38-62(52)76-67)70(7,8)27-26-69(55,5)6)73(59)46-22-24-49-48-14-9-11-17-53(48)71(54(49)36-46)44-31-40-30-41(33-44)34-45(71)32-40/h9-25,28-29,35-38,40-41,44-45H,26-27,30-34H2,1-8H3. The molecule has 10 aromatic rings. The van der Waals surface area contributed by atoms with Crippen molar-refractivity contribution in [1.29, 1.82) is 0 Å². The summed E-state index contributed by atoms with van der Waals surface area (Å²) in [6.45, 7) is 19.3. The van der Waals surface area contributed by atoms with Gasteiger partial charge in [0.2, 0.25) is 0 Å². The Bertz CT molecular complexity index is 4210. The molecule has 4 heterocycles. The fourth-order valence-electron chi connectivity index (χ4n) is 17.7. The molecule has 4 saturated carbocycles. The second kappa shape index (κ2) is 14.7. The molecule has 4 bridgehead atoms. The fourth-order valence-corrected chi connectivity index (χ4v) is 19.0. The van der Waals surface area contributed by atoms with Gasteiger partial charge in [-0.05, 0) is 201 Å². The van der Waals surface area contributed by atoms with Gasteiger partial charge in [0, 0.05) is 59.2 Å². The van der Waals surface area contributed by atoms with Crippen LogP contribution in [0, 0.1) is 30.6 Å². The van der Waals surface area contributed by atoms with Crippen LogP contribution in [0.15, 0.2) is 144 Å². The van der Waals surface area contributed by atoms with E-state index in [4.69, 9.17) is 4.42 Å². The molecule has 2 aromatic heterocycles.